The minimum Gasteiger partial charge on any atom is -0.398 e. The van der Waals surface area contributed by atoms with Crippen LogP contribution in [-0.2, 0) is 14.8 Å². The number of thiophene rings is 1. The predicted molar refractivity (Wildman–Crippen MR) is 60.7 cm³/mol. The number of nitrogens with one attached hydrogen (secondary N) is 1. The van der Waals surface area contributed by atoms with Crippen LogP contribution in [-0.4, -0.2) is 34.6 Å². The Balaban J connectivity index is 2.36. The lowest BCUT2D eigenvalue weighted by Gasteiger charge is -2.05. The predicted octanol–water partition coefficient (Wildman–Crippen LogP) is 0.890. The first-order valence-electron chi connectivity index (χ1n) is 4.61. The van der Waals surface area contributed by atoms with E-state index in [2.05, 4.69) is 9.46 Å². The molecule has 1 aromatic heterocycles. The number of rotatable bonds is 7. The molecule has 1 heterocycles. The average molecular weight is 286 g/mol. The van der Waals surface area contributed by atoms with Gasteiger partial charge in [0, 0.05) is 17.6 Å². The minimum absolute atomic E-state index is 0.0626. The summed E-state index contributed by atoms with van der Waals surface area (Å²) in [4.78, 5) is 0. The van der Waals surface area contributed by atoms with Crippen molar-refractivity contribution in [3.05, 3.63) is 11.4 Å². The molecule has 0 aliphatic heterocycles. The van der Waals surface area contributed by atoms with Crippen LogP contribution in [0.4, 0.5) is 14.5 Å². The van der Waals surface area contributed by atoms with Crippen molar-refractivity contribution >= 4 is 27.0 Å². The molecule has 17 heavy (non-hydrogen) atoms. The lowest BCUT2D eigenvalue weighted by molar-refractivity contribution is 0.0199. The van der Waals surface area contributed by atoms with Crippen molar-refractivity contribution in [2.24, 2.45) is 0 Å². The van der Waals surface area contributed by atoms with Crippen LogP contribution >= 0.6 is 11.3 Å². The summed E-state index contributed by atoms with van der Waals surface area (Å²) < 4.78 is 53.4. The molecule has 0 atom stereocenters. The van der Waals surface area contributed by atoms with E-state index >= 15 is 0 Å². The maximum atomic E-state index is 11.7. The lowest BCUT2D eigenvalue weighted by atomic mass is 10.6. The van der Waals surface area contributed by atoms with Crippen molar-refractivity contribution in [2.75, 3.05) is 25.5 Å². The average Bonchev–Trinajstić information content (AvgIpc) is 2.64. The summed E-state index contributed by atoms with van der Waals surface area (Å²) >= 11 is 0.989. The maximum absolute atomic E-state index is 11.7. The van der Waals surface area contributed by atoms with Crippen LogP contribution in [0.25, 0.3) is 0 Å². The first-order chi connectivity index (χ1) is 7.92. The molecule has 1 rings (SSSR count). The fourth-order valence-corrected chi connectivity index (χ4v) is 3.10. The summed E-state index contributed by atoms with van der Waals surface area (Å²) in [6, 6.07) is 1.33. The SMILES string of the molecule is Nc1csc(S(=O)(=O)NCCOCC(F)F)c1. The lowest BCUT2D eigenvalue weighted by Crippen LogP contribution is -2.27. The Labute approximate surface area is 102 Å². The summed E-state index contributed by atoms with van der Waals surface area (Å²) in [6.07, 6.45) is -2.55. The van der Waals surface area contributed by atoms with E-state index in [1.807, 2.05) is 0 Å². The molecule has 0 fully saturated rings. The molecule has 0 aromatic carbocycles. The van der Waals surface area contributed by atoms with Gasteiger partial charge in [-0.3, -0.25) is 0 Å². The number of anilines is 1. The van der Waals surface area contributed by atoms with E-state index in [0.29, 0.717) is 5.69 Å². The second-order valence-corrected chi connectivity index (χ2v) is 5.97. The molecule has 98 valence electrons. The van der Waals surface area contributed by atoms with E-state index < -0.39 is 23.1 Å². The van der Waals surface area contributed by atoms with Gasteiger partial charge in [-0.15, -0.1) is 11.3 Å². The molecule has 0 aliphatic rings. The Bertz CT molecular complexity index is 447. The molecule has 3 N–H and O–H groups in total. The van der Waals surface area contributed by atoms with Crippen LogP contribution < -0.4 is 10.5 Å². The molecule has 9 heteroatoms. The smallest absolute Gasteiger partial charge is 0.261 e. The first-order valence-corrected chi connectivity index (χ1v) is 6.97. The molecular formula is C8H12F2N2O3S2. The van der Waals surface area contributed by atoms with E-state index in [9.17, 15) is 17.2 Å². The van der Waals surface area contributed by atoms with Crippen LogP contribution in [0, 0.1) is 0 Å². The molecule has 5 nitrogen and oxygen atoms in total. The van der Waals surface area contributed by atoms with Gasteiger partial charge in [-0.2, -0.15) is 0 Å². The maximum Gasteiger partial charge on any atom is 0.261 e. The highest BCUT2D eigenvalue weighted by atomic mass is 32.2. The summed E-state index contributed by atoms with van der Waals surface area (Å²) in [5.74, 6) is 0. The van der Waals surface area contributed by atoms with Crippen LogP contribution in [0.1, 0.15) is 0 Å². The number of halogens is 2. The zero-order valence-corrected chi connectivity index (χ0v) is 10.4. The Kier molecular flexibility index (Phi) is 5.25. The number of nitrogen functional groups attached to an aromatic ring is 1. The van der Waals surface area contributed by atoms with Gasteiger partial charge in [-0.05, 0) is 6.07 Å². The van der Waals surface area contributed by atoms with Gasteiger partial charge in [0.2, 0.25) is 10.0 Å². The quantitative estimate of drug-likeness (QED) is 0.729. The van der Waals surface area contributed by atoms with E-state index in [4.69, 9.17) is 5.73 Å². The Hall–Kier alpha value is -0.770. The molecule has 0 bridgehead atoms. The molecule has 0 aliphatic carbocycles. The number of hydrogen-bond donors (Lipinski definition) is 2. The molecular weight excluding hydrogens is 274 g/mol. The van der Waals surface area contributed by atoms with E-state index in [0.717, 1.165) is 11.3 Å². The van der Waals surface area contributed by atoms with Gasteiger partial charge in [-0.25, -0.2) is 21.9 Å². The van der Waals surface area contributed by atoms with Crippen molar-refractivity contribution in [1.29, 1.82) is 0 Å². The topological polar surface area (TPSA) is 81.4 Å². The molecule has 0 saturated carbocycles. The number of nitrogens with two attached hydrogens (primary N) is 1. The molecule has 0 unspecified atom stereocenters. The summed E-state index contributed by atoms with van der Waals surface area (Å²) in [5.41, 5.74) is 5.76. The van der Waals surface area contributed by atoms with Gasteiger partial charge in [0.05, 0.1) is 6.61 Å². The fourth-order valence-electron chi connectivity index (χ4n) is 0.963. The Morgan fingerprint density at radius 2 is 2.24 bits per heavy atom. The number of hydrogen-bond acceptors (Lipinski definition) is 5. The van der Waals surface area contributed by atoms with E-state index in [1.54, 1.807) is 0 Å². The largest absolute Gasteiger partial charge is 0.398 e. The zero-order valence-electron chi connectivity index (χ0n) is 8.73. The standard InChI is InChI=1S/C8H12F2N2O3S2/c9-7(10)4-15-2-1-12-17(13,14)8-3-6(11)5-16-8/h3,5,7,12H,1-2,4,11H2. The van der Waals surface area contributed by atoms with Gasteiger partial charge in [-0.1, -0.05) is 0 Å². The monoisotopic (exact) mass is 286 g/mol. The third kappa shape index (κ3) is 4.94. The van der Waals surface area contributed by atoms with Gasteiger partial charge < -0.3 is 10.5 Å². The molecule has 0 saturated heterocycles. The summed E-state index contributed by atoms with van der Waals surface area (Å²) in [7, 11) is -3.62. The number of ether oxygens (including phenoxy) is 1. The van der Waals surface area contributed by atoms with Crippen molar-refractivity contribution < 1.29 is 21.9 Å². The van der Waals surface area contributed by atoms with Gasteiger partial charge in [0.25, 0.3) is 6.43 Å². The highest BCUT2D eigenvalue weighted by Crippen LogP contribution is 2.20. The van der Waals surface area contributed by atoms with Gasteiger partial charge in [0.1, 0.15) is 10.8 Å². The van der Waals surface area contributed by atoms with Crippen LogP contribution in [0.15, 0.2) is 15.7 Å². The van der Waals surface area contributed by atoms with Gasteiger partial charge >= 0.3 is 0 Å². The number of sulfonamides is 1. The molecule has 0 radical (unpaired) electrons. The van der Waals surface area contributed by atoms with E-state index in [1.165, 1.54) is 11.4 Å². The highest BCUT2D eigenvalue weighted by Gasteiger charge is 2.15. The third-order valence-corrected chi connectivity index (χ3v) is 4.56. The van der Waals surface area contributed by atoms with Crippen molar-refractivity contribution in [1.82, 2.24) is 4.72 Å². The second kappa shape index (κ2) is 6.24. The summed E-state index contributed by atoms with van der Waals surface area (Å²) in [5, 5.41) is 1.50. The zero-order chi connectivity index (χ0) is 12.9. The van der Waals surface area contributed by atoms with Crippen LogP contribution in [0.2, 0.25) is 0 Å². The second-order valence-electron chi connectivity index (χ2n) is 3.06. The summed E-state index contributed by atoms with van der Waals surface area (Å²) in [6.45, 7) is -0.870. The van der Waals surface area contributed by atoms with Crippen LogP contribution in [0.5, 0.6) is 0 Å². The normalized spacial score (nSPS) is 12.2. The number of alkyl halides is 2. The molecule has 0 amide bonds. The van der Waals surface area contributed by atoms with Crippen molar-refractivity contribution in [2.45, 2.75) is 10.6 Å². The fraction of sp³-hybridized carbons (Fsp3) is 0.500. The Morgan fingerprint density at radius 1 is 1.53 bits per heavy atom. The molecule has 1 aromatic rings. The molecule has 0 spiro atoms. The van der Waals surface area contributed by atoms with E-state index in [-0.39, 0.29) is 17.4 Å². The van der Waals surface area contributed by atoms with Crippen molar-refractivity contribution in [3.8, 4) is 0 Å². The van der Waals surface area contributed by atoms with Gasteiger partial charge in [0.15, 0.2) is 0 Å². The Morgan fingerprint density at radius 3 is 2.76 bits per heavy atom. The minimum atomic E-state index is -3.62. The highest BCUT2D eigenvalue weighted by molar-refractivity contribution is 7.91. The first kappa shape index (κ1) is 14.3. The third-order valence-electron chi connectivity index (χ3n) is 1.64. The van der Waals surface area contributed by atoms with Crippen molar-refractivity contribution in [3.63, 3.8) is 0 Å². The van der Waals surface area contributed by atoms with Crippen LogP contribution in [0.3, 0.4) is 0 Å².